The first-order valence-corrected chi connectivity index (χ1v) is 11.7. The van der Waals surface area contributed by atoms with E-state index in [-0.39, 0.29) is 29.5 Å². The van der Waals surface area contributed by atoms with Crippen molar-refractivity contribution in [1.82, 2.24) is 19.4 Å². The molecule has 4 N–H and O–H groups in total. The van der Waals surface area contributed by atoms with E-state index in [2.05, 4.69) is 17.8 Å². The highest BCUT2D eigenvalue weighted by atomic mass is 16.3. The van der Waals surface area contributed by atoms with E-state index in [1.807, 2.05) is 29.7 Å². The number of rotatable bonds is 6. The molecule has 1 aliphatic heterocycles. The number of aromatic hydroxyl groups is 2. The minimum absolute atomic E-state index is 0.0162. The van der Waals surface area contributed by atoms with Crippen LogP contribution in [0.25, 0.3) is 21.9 Å². The number of benzene rings is 2. The molecule has 1 amide bonds. The van der Waals surface area contributed by atoms with Gasteiger partial charge in [-0.2, -0.15) is 0 Å². The molecule has 0 radical (unpaired) electrons. The number of fused-ring (bicyclic) bond motifs is 3. The molecule has 8 nitrogen and oxygen atoms in total. The standard InChI is InChI=1S/C27H27N5O3/c1-4-6-10-21-30-23-25(31(21)14-17-8-7-9-20(33)26(17)35)18-13-16(11-12-19(18)29-27(23)28)24-15(3)32(24)22(34)5-2/h2,7-9,11-13,15,24,33,35H,4,6,10,14H2,1,3H3,(H2,28,29). The molecular weight excluding hydrogens is 442 g/mol. The number of hydrogen-bond acceptors (Lipinski definition) is 6. The van der Waals surface area contributed by atoms with Gasteiger partial charge >= 0.3 is 0 Å². The summed E-state index contributed by atoms with van der Waals surface area (Å²) >= 11 is 0. The smallest absolute Gasteiger partial charge is 0.299 e. The van der Waals surface area contributed by atoms with Gasteiger partial charge in [-0.05, 0) is 43.0 Å². The van der Waals surface area contributed by atoms with Crippen LogP contribution in [0.3, 0.4) is 0 Å². The third-order valence-electron chi connectivity index (χ3n) is 6.79. The average molecular weight is 470 g/mol. The van der Waals surface area contributed by atoms with Crippen molar-refractivity contribution in [3.8, 4) is 23.8 Å². The van der Waals surface area contributed by atoms with Gasteiger partial charge in [-0.25, -0.2) is 9.97 Å². The number of terminal acetylenes is 1. The van der Waals surface area contributed by atoms with Gasteiger partial charge in [0.25, 0.3) is 5.91 Å². The van der Waals surface area contributed by atoms with Crippen LogP contribution in [0.5, 0.6) is 11.5 Å². The maximum absolute atomic E-state index is 12.1. The van der Waals surface area contributed by atoms with Crippen LogP contribution in [0.1, 0.15) is 49.7 Å². The van der Waals surface area contributed by atoms with E-state index in [4.69, 9.17) is 17.1 Å². The highest BCUT2D eigenvalue weighted by Crippen LogP contribution is 2.44. The number of carbonyl (C=O) groups is 1. The molecule has 2 aromatic carbocycles. The van der Waals surface area contributed by atoms with E-state index in [0.29, 0.717) is 29.0 Å². The van der Waals surface area contributed by atoms with Gasteiger partial charge in [0.05, 0.1) is 29.7 Å². The summed E-state index contributed by atoms with van der Waals surface area (Å²) < 4.78 is 2.05. The van der Waals surface area contributed by atoms with Crippen molar-refractivity contribution in [1.29, 1.82) is 0 Å². The van der Waals surface area contributed by atoms with Crippen LogP contribution in [-0.2, 0) is 17.8 Å². The molecule has 0 spiro atoms. The average Bonchev–Trinajstić information content (AvgIpc) is 3.38. The summed E-state index contributed by atoms with van der Waals surface area (Å²) in [6.07, 6.45) is 8.01. The number of carbonyl (C=O) groups excluding carboxylic acids is 1. The van der Waals surface area contributed by atoms with Crippen LogP contribution in [0, 0.1) is 12.3 Å². The Hall–Kier alpha value is -4.25. The molecule has 4 aromatic rings. The fourth-order valence-corrected chi connectivity index (χ4v) is 4.90. The third-order valence-corrected chi connectivity index (χ3v) is 6.79. The molecule has 178 valence electrons. The van der Waals surface area contributed by atoms with Crippen molar-refractivity contribution in [2.45, 2.75) is 51.7 Å². The predicted molar refractivity (Wildman–Crippen MR) is 135 cm³/mol. The zero-order valence-corrected chi connectivity index (χ0v) is 19.7. The number of aromatic nitrogens is 3. The Morgan fingerprint density at radius 3 is 2.77 bits per heavy atom. The number of phenolic OH excluding ortho intramolecular Hbond substituents is 2. The molecule has 8 heteroatoms. The molecule has 0 bridgehead atoms. The molecule has 1 saturated heterocycles. The van der Waals surface area contributed by atoms with Gasteiger partial charge in [0, 0.05) is 17.4 Å². The van der Waals surface area contributed by atoms with Gasteiger partial charge in [-0.15, -0.1) is 6.42 Å². The van der Waals surface area contributed by atoms with Crippen molar-refractivity contribution in [3.63, 3.8) is 0 Å². The fraction of sp³-hybridized carbons (Fsp3) is 0.296. The molecule has 5 rings (SSSR count). The number of pyridine rings is 1. The van der Waals surface area contributed by atoms with Crippen LogP contribution in [-0.4, -0.2) is 41.6 Å². The first-order chi connectivity index (χ1) is 16.8. The van der Waals surface area contributed by atoms with Gasteiger partial charge in [-0.1, -0.05) is 31.5 Å². The maximum Gasteiger partial charge on any atom is 0.299 e. The van der Waals surface area contributed by atoms with E-state index < -0.39 is 0 Å². The summed E-state index contributed by atoms with van der Waals surface area (Å²) in [7, 11) is 0. The molecule has 2 unspecified atom stereocenters. The van der Waals surface area contributed by atoms with Crippen molar-refractivity contribution >= 4 is 33.7 Å². The highest BCUT2D eigenvalue weighted by Gasteiger charge is 2.48. The first-order valence-electron chi connectivity index (χ1n) is 11.7. The maximum atomic E-state index is 12.1. The largest absolute Gasteiger partial charge is 0.504 e. The number of nitrogens with two attached hydrogens (primary N) is 1. The van der Waals surface area contributed by atoms with Crippen molar-refractivity contribution in [3.05, 3.63) is 53.3 Å². The zero-order valence-electron chi connectivity index (χ0n) is 19.7. The molecule has 1 aliphatic rings. The quantitative estimate of drug-likeness (QED) is 0.224. The summed E-state index contributed by atoms with van der Waals surface area (Å²) in [6.45, 7) is 4.39. The third kappa shape index (κ3) is 3.69. The Balaban J connectivity index is 1.72. The molecule has 0 aliphatic carbocycles. The lowest BCUT2D eigenvalue weighted by molar-refractivity contribution is -0.120. The molecule has 2 atom stereocenters. The Bertz CT molecular complexity index is 1520. The van der Waals surface area contributed by atoms with E-state index in [9.17, 15) is 15.0 Å². The Morgan fingerprint density at radius 2 is 2.03 bits per heavy atom. The molecular formula is C27H27N5O3. The Labute approximate surface area is 203 Å². The number of imidazole rings is 1. The number of aryl methyl sites for hydroxylation is 1. The summed E-state index contributed by atoms with van der Waals surface area (Å²) in [6, 6.07) is 10.7. The SMILES string of the molecule is C#CC(=O)N1C(C)C1c1ccc2nc(N)c3nc(CCCC)n(Cc4cccc(O)c4O)c3c2c1. The van der Waals surface area contributed by atoms with Crippen molar-refractivity contribution in [2.24, 2.45) is 0 Å². The second kappa shape index (κ2) is 8.51. The second-order valence-corrected chi connectivity index (χ2v) is 9.02. The Kier molecular flexibility index (Phi) is 5.48. The number of phenols is 2. The van der Waals surface area contributed by atoms with Crippen LogP contribution < -0.4 is 5.73 Å². The number of anilines is 1. The number of para-hydroxylation sites is 1. The molecule has 2 aromatic heterocycles. The summed E-state index contributed by atoms with van der Waals surface area (Å²) in [5.74, 6) is 2.72. The van der Waals surface area contributed by atoms with E-state index >= 15 is 0 Å². The lowest BCUT2D eigenvalue weighted by Crippen LogP contribution is -2.09. The topological polar surface area (TPSA) is 117 Å². The zero-order chi connectivity index (χ0) is 24.9. The normalized spacial score (nSPS) is 17.1. The second-order valence-electron chi connectivity index (χ2n) is 9.02. The minimum Gasteiger partial charge on any atom is -0.504 e. The molecule has 0 saturated carbocycles. The van der Waals surface area contributed by atoms with Crippen molar-refractivity contribution < 1.29 is 15.0 Å². The van der Waals surface area contributed by atoms with Gasteiger partial charge < -0.3 is 25.4 Å². The minimum atomic E-state index is -0.325. The van der Waals surface area contributed by atoms with Crippen molar-refractivity contribution in [2.75, 3.05) is 5.73 Å². The summed E-state index contributed by atoms with van der Waals surface area (Å²) in [5, 5.41) is 21.4. The van der Waals surface area contributed by atoms with E-state index in [0.717, 1.165) is 41.6 Å². The van der Waals surface area contributed by atoms with Gasteiger partial charge in [-0.3, -0.25) is 4.79 Å². The summed E-state index contributed by atoms with van der Waals surface area (Å²) in [5.41, 5.74) is 10.00. The first kappa shape index (κ1) is 22.5. The Morgan fingerprint density at radius 1 is 1.23 bits per heavy atom. The molecule has 3 heterocycles. The highest BCUT2D eigenvalue weighted by molar-refractivity contribution is 6.07. The monoisotopic (exact) mass is 469 g/mol. The molecule has 1 fully saturated rings. The number of unbranched alkanes of at least 4 members (excludes halogenated alkanes) is 1. The van der Waals surface area contributed by atoms with Gasteiger partial charge in [0.2, 0.25) is 0 Å². The van der Waals surface area contributed by atoms with Crippen LogP contribution in [0.2, 0.25) is 0 Å². The van der Waals surface area contributed by atoms with Gasteiger partial charge in [0.15, 0.2) is 17.3 Å². The fourth-order valence-electron chi connectivity index (χ4n) is 4.90. The van der Waals surface area contributed by atoms with E-state index in [1.54, 1.807) is 17.0 Å². The molecule has 35 heavy (non-hydrogen) atoms. The number of amides is 1. The lowest BCUT2D eigenvalue weighted by atomic mass is 10.1. The van der Waals surface area contributed by atoms with Gasteiger partial charge in [0.1, 0.15) is 11.3 Å². The van der Waals surface area contributed by atoms with Crippen LogP contribution in [0.4, 0.5) is 5.82 Å². The number of nitrogens with zero attached hydrogens (tertiary/aromatic N) is 4. The van der Waals surface area contributed by atoms with Crippen LogP contribution in [0.15, 0.2) is 36.4 Å². The number of hydrogen-bond donors (Lipinski definition) is 3. The predicted octanol–water partition coefficient (Wildman–Crippen LogP) is 3.87. The van der Waals surface area contributed by atoms with Crippen LogP contribution >= 0.6 is 0 Å². The summed E-state index contributed by atoms with van der Waals surface area (Å²) in [4.78, 5) is 23.2. The number of nitrogen functional groups attached to an aromatic ring is 1. The lowest BCUT2D eigenvalue weighted by Gasteiger charge is -2.13. The van der Waals surface area contributed by atoms with E-state index in [1.165, 1.54) is 6.07 Å².